The molecule has 262 valence electrons. The Morgan fingerprint density at radius 2 is 0.964 bits per heavy atom. The van der Waals surface area contributed by atoms with Crippen molar-refractivity contribution >= 4 is 43.5 Å². The first-order valence-electron chi connectivity index (χ1n) is 18.7. The minimum absolute atomic E-state index is 0.528. The second-order valence-electron chi connectivity index (χ2n) is 13.9. The van der Waals surface area contributed by atoms with E-state index < -0.39 is 0 Å². The van der Waals surface area contributed by atoms with E-state index in [-0.39, 0.29) is 0 Å². The molecular formula is C50H32N6. The van der Waals surface area contributed by atoms with Gasteiger partial charge in [0.25, 0.3) is 0 Å². The van der Waals surface area contributed by atoms with Crippen molar-refractivity contribution in [3.63, 3.8) is 0 Å². The molecule has 6 heteroatoms. The topological polar surface area (TPSA) is 61.4 Å². The number of rotatable bonds is 6. The van der Waals surface area contributed by atoms with Gasteiger partial charge < -0.3 is 9.13 Å². The lowest BCUT2D eigenvalue weighted by Crippen LogP contribution is -2.01. The molecule has 0 fully saturated rings. The van der Waals surface area contributed by atoms with Crippen molar-refractivity contribution in [2.45, 2.75) is 0 Å². The standard InChI is InChI=1S/C50H32N6/c1-4-13-35(14-5-1)48-52-49(36-15-6-2-7-16-36)54-50(53-48)43-21-12-20-42(51-43)33-23-27-38(28-24-33)56-45-22-11-10-19-39(45)40-29-25-34-26-30-44-41(46(34)47(40)56)31-32-55(44)37-17-8-3-9-18-37/h1-32H. The molecule has 11 rings (SSSR count). The van der Waals surface area contributed by atoms with Crippen LogP contribution in [-0.2, 0) is 0 Å². The Balaban J connectivity index is 1.04. The van der Waals surface area contributed by atoms with Crippen LogP contribution in [0.2, 0.25) is 0 Å². The van der Waals surface area contributed by atoms with Gasteiger partial charge in [-0.05, 0) is 60.0 Å². The second kappa shape index (κ2) is 13.0. The number of aromatic nitrogens is 6. The van der Waals surface area contributed by atoms with Gasteiger partial charge in [0.05, 0.1) is 22.2 Å². The van der Waals surface area contributed by atoms with Crippen molar-refractivity contribution in [3.05, 3.63) is 194 Å². The van der Waals surface area contributed by atoms with Gasteiger partial charge in [0, 0.05) is 55.8 Å². The molecule has 0 N–H and O–H groups in total. The van der Waals surface area contributed by atoms with Crippen LogP contribution in [0.4, 0.5) is 0 Å². The molecule has 7 aromatic carbocycles. The summed E-state index contributed by atoms with van der Waals surface area (Å²) in [4.78, 5) is 19.8. The maximum Gasteiger partial charge on any atom is 0.182 e. The van der Waals surface area contributed by atoms with Crippen molar-refractivity contribution < 1.29 is 0 Å². The Morgan fingerprint density at radius 1 is 0.339 bits per heavy atom. The summed E-state index contributed by atoms with van der Waals surface area (Å²) in [7, 11) is 0. The van der Waals surface area contributed by atoms with Gasteiger partial charge in [0.1, 0.15) is 5.69 Å². The van der Waals surface area contributed by atoms with E-state index in [9.17, 15) is 0 Å². The Kier molecular flexibility index (Phi) is 7.38. The van der Waals surface area contributed by atoms with E-state index in [1.165, 1.54) is 43.5 Å². The first-order chi connectivity index (χ1) is 27.8. The molecule has 0 bridgehead atoms. The molecule has 0 aliphatic rings. The number of benzene rings is 7. The van der Waals surface area contributed by atoms with Gasteiger partial charge in [-0.25, -0.2) is 19.9 Å². The van der Waals surface area contributed by atoms with Crippen LogP contribution in [-0.4, -0.2) is 29.1 Å². The van der Waals surface area contributed by atoms with E-state index in [1.807, 2.05) is 78.9 Å². The Labute approximate surface area is 322 Å². The van der Waals surface area contributed by atoms with E-state index in [0.29, 0.717) is 23.2 Å². The van der Waals surface area contributed by atoms with Crippen molar-refractivity contribution in [1.82, 2.24) is 29.1 Å². The molecule has 0 atom stereocenters. The average Bonchev–Trinajstić information content (AvgIpc) is 3.87. The van der Waals surface area contributed by atoms with Crippen molar-refractivity contribution in [1.29, 1.82) is 0 Å². The first-order valence-corrected chi connectivity index (χ1v) is 18.7. The van der Waals surface area contributed by atoms with Crippen LogP contribution in [0.1, 0.15) is 0 Å². The fourth-order valence-electron chi connectivity index (χ4n) is 8.00. The van der Waals surface area contributed by atoms with Crippen LogP contribution in [0, 0.1) is 0 Å². The molecule has 0 radical (unpaired) electrons. The molecule has 0 aliphatic heterocycles. The number of pyridine rings is 1. The van der Waals surface area contributed by atoms with E-state index in [4.69, 9.17) is 19.9 Å². The van der Waals surface area contributed by atoms with E-state index in [0.717, 1.165) is 33.8 Å². The monoisotopic (exact) mass is 716 g/mol. The van der Waals surface area contributed by atoms with E-state index in [1.54, 1.807) is 0 Å². The van der Waals surface area contributed by atoms with Gasteiger partial charge >= 0.3 is 0 Å². The van der Waals surface area contributed by atoms with E-state index >= 15 is 0 Å². The minimum Gasteiger partial charge on any atom is -0.317 e. The summed E-state index contributed by atoms with van der Waals surface area (Å²) in [6.07, 6.45) is 2.18. The fraction of sp³-hybridized carbons (Fsp3) is 0. The third-order valence-corrected chi connectivity index (χ3v) is 10.6. The van der Waals surface area contributed by atoms with Crippen molar-refractivity contribution in [3.8, 4) is 56.9 Å². The zero-order valence-corrected chi connectivity index (χ0v) is 30.2. The lowest BCUT2D eigenvalue weighted by atomic mass is 10.0. The van der Waals surface area contributed by atoms with Crippen LogP contribution >= 0.6 is 0 Å². The number of hydrogen-bond donors (Lipinski definition) is 0. The zero-order valence-electron chi connectivity index (χ0n) is 30.2. The zero-order chi connectivity index (χ0) is 37.0. The lowest BCUT2D eigenvalue weighted by Gasteiger charge is -2.12. The smallest absolute Gasteiger partial charge is 0.182 e. The molecule has 0 saturated carbocycles. The highest BCUT2D eigenvalue weighted by molar-refractivity contribution is 6.25. The highest BCUT2D eigenvalue weighted by atomic mass is 15.0. The predicted molar refractivity (Wildman–Crippen MR) is 228 cm³/mol. The molecule has 4 heterocycles. The van der Waals surface area contributed by atoms with Crippen LogP contribution in [0.5, 0.6) is 0 Å². The molecule has 4 aromatic heterocycles. The summed E-state index contributed by atoms with van der Waals surface area (Å²) in [5, 5.41) is 6.13. The van der Waals surface area contributed by atoms with Gasteiger partial charge in [0.15, 0.2) is 17.5 Å². The van der Waals surface area contributed by atoms with Crippen molar-refractivity contribution in [2.24, 2.45) is 0 Å². The second-order valence-corrected chi connectivity index (χ2v) is 13.9. The lowest BCUT2D eigenvalue weighted by molar-refractivity contribution is 1.06. The van der Waals surface area contributed by atoms with Crippen LogP contribution in [0.15, 0.2) is 194 Å². The Hall–Kier alpha value is -7.70. The van der Waals surface area contributed by atoms with Crippen LogP contribution in [0.3, 0.4) is 0 Å². The minimum atomic E-state index is 0.528. The quantitative estimate of drug-likeness (QED) is 0.172. The summed E-state index contributed by atoms with van der Waals surface area (Å²) in [6.45, 7) is 0. The molecule has 0 aliphatic carbocycles. The summed E-state index contributed by atoms with van der Waals surface area (Å²) < 4.78 is 4.69. The van der Waals surface area contributed by atoms with Crippen molar-refractivity contribution in [2.75, 3.05) is 0 Å². The number of hydrogen-bond acceptors (Lipinski definition) is 4. The summed E-state index contributed by atoms with van der Waals surface area (Å²) in [6, 6.07) is 65.3. The molecule has 0 spiro atoms. The summed E-state index contributed by atoms with van der Waals surface area (Å²) >= 11 is 0. The summed E-state index contributed by atoms with van der Waals surface area (Å²) in [5.41, 5.74) is 10.2. The number of para-hydroxylation sites is 2. The highest BCUT2D eigenvalue weighted by Crippen LogP contribution is 2.40. The normalized spacial score (nSPS) is 11.6. The number of nitrogens with zero attached hydrogens (tertiary/aromatic N) is 6. The molecule has 0 unspecified atom stereocenters. The SMILES string of the molecule is c1ccc(-c2nc(-c3ccccc3)nc(-c3cccc(-c4ccc(-n5c6ccccc6c6ccc7ccc8c(ccn8-c8ccccc8)c7c65)cc4)n3)n2)cc1. The van der Waals surface area contributed by atoms with Gasteiger partial charge in [0.2, 0.25) is 0 Å². The molecule has 6 nitrogen and oxygen atoms in total. The van der Waals surface area contributed by atoms with E-state index in [2.05, 4.69) is 125 Å². The first kappa shape index (κ1) is 31.8. The largest absolute Gasteiger partial charge is 0.317 e. The average molecular weight is 717 g/mol. The maximum absolute atomic E-state index is 5.12. The van der Waals surface area contributed by atoms with Gasteiger partial charge in [-0.15, -0.1) is 0 Å². The predicted octanol–water partition coefficient (Wildman–Crippen LogP) is 12.1. The molecule has 0 saturated heterocycles. The molecular weight excluding hydrogens is 685 g/mol. The maximum atomic E-state index is 5.12. The van der Waals surface area contributed by atoms with Gasteiger partial charge in [-0.3, -0.25) is 0 Å². The van der Waals surface area contributed by atoms with Crippen LogP contribution in [0.25, 0.3) is 100 Å². The molecule has 11 aromatic rings. The molecule has 0 amide bonds. The van der Waals surface area contributed by atoms with Gasteiger partial charge in [-0.1, -0.05) is 133 Å². The highest BCUT2D eigenvalue weighted by Gasteiger charge is 2.19. The van der Waals surface area contributed by atoms with Gasteiger partial charge in [-0.2, -0.15) is 0 Å². The fourth-order valence-corrected chi connectivity index (χ4v) is 8.00. The third-order valence-electron chi connectivity index (χ3n) is 10.6. The summed E-state index contributed by atoms with van der Waals surface area (Å²) in [5.74, 6) is 1.75. The molecule has 56 heavy (non-hydrogen) atoms. The Morgan fingerprint density at radius 3 is 1.70 bits per heavy atom. The van der Waals surface area contributed by atoms with Crippen LogP contribution < -0.4 is 0 Å². The third kappa shape index (κ3) is 5.27. The number of fused-ring (bicyclic) bond motifs is 7. The Bertz CT molecular complexity index is 3160.